The van der Waals surface area contributed by atoms with E-state index in [1.165, 1.54) is 270 Å². The molecule has 536 valence electrons. The molecule has 0 fully saturated rings. The topological polar surface area (TPSA) is 108 Å². The van der Waals surface area contributed by atoms with Gasteiger partial charge in [0.15, 0.2) is 6.10 Å². The number of unbranched alkanes of at least 4 members (excludes halogenated alkanes) is 45. The van der Waals surface area contributed by atoms with Crippen LogP contribution in [0.2, 0.25) is 0 Å². The lowest BCUT2D eigenvalue weighted by Crippen LogP contribution is -2.37. The quantitative estimate of drug-likeness (QED) is 0.0211. The van der Waals surface area contributed by atoms with Crippen LogP contribution in [0.5, 0.6) is 0 Å². The summed E-state index contributed by atoms with van der Waals surface area (Å²) in [5, 5.41) is 0. The summed E-state index contributed by atoms with van der Waals surface area (Å²) in [5.41, 5.74) is 0. The molecular formula is C82H151NO8P+. The Balaban J connectivity index is 3.96. The average molecular weight is 1310 g/mol. The molecular weight excluding hydrogens is 1160 g/mol. The number of phosphoric ester groups is 1. The molecule has 1 N–H and O–H groups in total. The molecule has 0 radical (unpaired) electrons. The van der Waals surface area contributed by atoms with Crippen molar-refractivity contribution in [3.63, 3.8) is 0 Å². The molecule has 0 spiro atoms. The van der Waals surface area contributed by atoms with Gasteiger partial charge in [-0.05, 0) is 89.9 Å². The first-order valence-electron chi connectivity index (χ1n) is 39.3. The standard InChI is InChI=1S/C82H150NO8P/c1-6-8-10-12-14-16-18-20-22-24-26-28-30-32-34-36-38-40-41-43-45-47-49-51-53-55-57-59-61-63-65-67-69-71-73-75-82(85)91-80(79-90-92(86,87)89-77-76-83(3,4)5)78-88-81(84)74-72-70-68-66-64-62-60-58-56-54-52-50-48-46-44-42-39-37-35-33-31-29-27-25-23-21-19-17-15-13-11-9-7-2/h8,10,14,16,20,22,25-28,32,34,38,40,80H,6-7,9,11-13,15,17-19,21,23-24,29-31,33,35-37,39,41-79H2,1-5H3/p+1/b10-8-,16-14-,22-20-,27-25-,28-26-,34-32-,40-38-. The van der Waals surface area contributed by atoms with Crippen LogP contribution in [0.3, 0.4) is 0 Å². The van der Waals surface area contributed by atoms with Crippen molar-refractivity contribution in [1.82, 2.24) is 0 Å². The largest absolute Gasteiger partial charge is 0.472 e. The third-order valence-corrected chi connectivity index (χ3v) is 18.4. The fraction of sp³-hybridized carbons (Fsp3) is 0.805. The van der Waals surface area contributed by atoms with E-state index in [0.717, 1.165) is 70.6 Å². The van der Waals surface area contributed by atoms with Gasteiger partial charge < -0.3 is 18.9 Å². The normalized spacial score (nSPS) is 13.5. The number of hydrogen-bond donors (Lipinski definition) is 1. The fourth-order valence-corrected chi connectivity index (χ4v) is 12.2. The Morgan fingerprint density at radius 3 is 0.935 bits per heavy atom. The third kappa shape index (κ3) is 76.2. The number of carbonyl (C=O) groups is 2. The number of allylic oxidation sites excluding steroid dienone is 14. The van der Waals surface area contributed by atoms with Crippen LogP contribution >= 0.6 is 7.82 Å². The van der Waals surface area contributed by atoms with E-state index in [2.05, 4.69) is 98.9 Å². The van der Waals surface area contributed by atoms with Crippen molar-refractivity contribution < 1.29 is 42.1 Å². The van der Waals surface area contributed by atoms with E-state index in [4.69, 9.17) is 18.5 Å². The molecule has 9 nitrogen and oxygen atoms in total. The van der Waals surface area contributed by atoms with Gasteiger partial charge in [-0.15, -0.1) is 0 Å². The molecule has 0 heterocycles. The Morgan fingerprint density at radius 2 is 0.620 bits per heavy atom. The van der Waals surface area contributed by atoms with E-state index in [1.807, 2.05) is 21.1 Å². The fourth-order valence-electron chi connectivity index (χ4n) is 11.4. The molecule has 0 aromatic heterocycles. The Hall–Kier alpha value is -2.81. The Morgan fingerprint density at radius 1 is 0.348 bits per heavy atom. The molecule has 0 saturated heterocycles. The second-order valence-corrected chi connectivity index (χ2v) is 29.2. The maximum atomic E-state index is 12.9. The molecule has 0 saturated carbocycles. The molecule has 0 bridgehead atoms. The predicted octanol–water partition coefficient (Wildman–Crippen LogP) is 26.1. The van der Waals surface area contributed by atoms with E-state index in [-0.39, 0.29) is 25.6 Å². The van der Waals surface area contributed by atoms with E-state index in [1.54, 1.807) is 0 Å². The number of hydrogen-bond acceptors (Lipinski definition) is 7. The summed E-state index contributed by atoms with van der Waals surface area (Å²) in [6.45, 7) is 4.38. The number of rotatable bonds is 73. The van der Waals surface area contributed by atoms with Gasteiger partial charge in [-0.3, -0.25) is 18.6 Å². The molecule has 0 aromatic carbocycles. The van der Waals surface area contributed by atoms with Gasteiger partial charge in [0.2, 0.25) is 0 Å². The molecule has 10 heteroatoms. The lowest BCUT2D eigenvalue weighted by molar-refractivity contribution is -0.870. The van der Waals surface area contributed by atoms with Gasteiger partial charge in [0.25, 0.3) is 0 Å². The van der Waals surface area contributed by atoms with Crippen LogP contribution in [-0.4, -0.2) is 74.9 Å². The van der Waals surface area contributed by atoms with E-state index in [0.29, 0.717) is 23.9 Å². The molecule has 92 heavy (non-hydrogen) atoms. The van der Waals surface area contributed by atoms with Gasteiger partial charge in [0.05, 0.1) is 27.7 Å². The molecule has 0 aliphatic carbocycles. The first kappa shape index (κ1) is 89.2. The first-order chi connectivity index (χ1) is 45.0. The second kappa shape index (κ2) is 72.5. The Bertz CT molecular complexity index is 1830. The van der Waals surface area contributed by atoms with Gasteiger partial charge in [0, 0.05) is 12.8 Å². The van der Waals surface area contributed by atoms with E-state index < -0.39 is 26.5 Å². The van der Waals surface area contributed by atoms with Crippen molar-refractivity contribution >= 4 is 19.8 Å². The van der Waals surface area contributed by atoms with Crippen LogP contribution in [0.1, 0.15) is 373 Å². The van der Waals surface area contributed by atoms with Crippen LogP contribution in [0.4, 0.5) is 0 Å². The predicted molar refractivity (Wildman–Crippen MR) is 399 cm³/mol. The summed E-state index contributed by atoms with van der Waals surface area (Å²) in [5.74, 6) is -0.780. The zero-order chi connectivity index (χ0) is 66.9. The minimum atomic E-state index is -4.40. The summed E-state index contributed by atoms with van der Waals surface area (Å²) in [4.78, 5) is 36.0. The van der Waals surface area contributed by atoms with Crippen molar-refractivity contribution in [2.75, 3.05) is 47.5 Å². The maximum absolute atomic E-state index is 12.9. The van der Waals surface area contributed by atoms with Crippen LogP contribution in [0.25, 0.3) is 0 Å². The SMILES string of the molecule is CC/C=C\C/C=C\C/C=C\C/C=C\C/C=C\C/C=C\CCCCCCCCCCCCCCCCCCC(=O)OC(COC(=O)CCCCCCCCCCCCCCCCCCCCCCC/C=C\CCCCCCCCCC)COP(=O)(O)OCC[N+](C)(C)C. The van der Waals surface area contributed by atoms with Gasteiger partial charge in [-0.25, -0.2) is 4.57 Å². The molecule has 0 aromatic rings. The number of ether oxygens (including phenoxy) is 2. The van der Waals surface area contributed by atoms with Gasteiger partial charge in [-0.2, -0.15) is 0 Å². The molecule has 0 aliphatic rings. The lowest BCUT2D eigenvalue weighted by atomic mass is 10.0. The van der Waals surface area contributed by atoms with Gasteiger partial charge >= 0.3 is 19.8 Å². The summed E-state index contributed by atoms with van der Waals surface area (Å²) in [6, 6.07) is 0. The Labute approximate surface area is 571 Å². The molecule has 0 amide bonds. The van der Waals surface area contributed by atoms with Crippen LogP contribution in [0.15, 0.2) is 85.1 Å². The Kier molecular flexibility index (Phi) is 70.2. The first-order valence-corrected chi connectivity index (χ1v) is 40.8. The minimum absolute atomic E-state index is 0.0318. The van der Waals surface area contributed by atoms with E-state index >= 15 is 0 Å². The highest BCUT2D eigenvalue weighted by Gasteiger charge is 2.27. The second-order valence-electron chi connectivity index (χ2n) is 27.7. The number of carbonyl (C=O) groups excluding carboxylic acids is 2. The number of quaternary nitrogens is 1. The van der Waals surface area contributed by atoms with Crippen LogP contribution in [0, 0.1) is 0 Å². The molecule has 2 atom stereocenters. The average Bonchev–Trinajstić information content (AvgIpc) is 2.14. The smallest absolute Gasteiger partial charge is 0.462 e. The van der Waals surface area contributed by atoms with Crippen molar-refractivity contribution in [2.45, 2.75) is 380 Å². The molecule has 0 rings (SSSR count). The minimum Gasteiger partial charge on any atom is -0.462 e. The summed E-state index contributed by atoms with van der Waals surface area (Å²) < 4.78 is 34.8. The summed E-state index contributed by atoms with van der Waals surface area (Å²) in [6.07, 6.45) is 100. The number of nitrogens with zero attached hydrogens (tertiary/aromatic N) is 1. The highest BCUT2D eigenvalue weighted by molar-refractivity contribution is 7.47. The van der Waals surface area contributed by atoms with Crippen LogP contribution in [-0.2, 0) is 32.7 Å². The van der Waals surface area contributed by atoms with Crippen molar-refractivity contribution in [3.8, 4) is 0 Å². The highest BCUT2D eigenvalue weighted by Crippen LogP contribution is 2.43. The van der Waals surface area contributed by atoms with Crippen molar-refractivity contribution in [3.05, 3.63) is 85.1 Å². The van der Waals surface area contributed by atoms with Crippen LogP contribution < -0.4 is 0 Å². The molecule has 2 unspecified atom stereocenters. The summed E-state index contributed by atoms with van der Waals surface area (Å²) >= 11 is 0. The number of esters is 2. The highest BCUT2D eigenvalue weighted by atomic mass is 31.2. The zero-order valence-electron chi connectivity index (χ0n) is 61.3. The lowest BCUT2D eigenvalue weighted by Gasteiger charge is -2.24. The molecule has 0 aliphatic heterocycles. The van der Waals surface area contributed by atoms with Gasteiger partial charge in [-0.1, -0.05) is 356 Å². The van der Waals surface area contributed by atoms with Gasteiger partial charge in [0.1, 0.15) is 19.8 Å². The number of phosphoric acid groups is 1. The third-order valence-electron chi connectivity index (χ3n) is 17.4. The van der Waals surface area contributed by atoms with Crippen molar-refractivity contribution in [1.29, 1.82) is 0 Å². The van der Waals surface area contributed by atoms with Crippen molar-refractivity contribution in [2.24, 2.45) is 0 Å². The van der Waals surface area contributed by atoms with E-state index in [9.17, 15) is 19.0 Å². The summed E-state index contributed by atoms with van der Waals surface area (Å²) in [7, 11) is 1.49. The maximum Gasteiger partial charge on any atom is 0.472 e. The monoisotopic (exact) mass is 1310 g/mol. The zero-order valence-corrected chi connectivity index (χ0v) is 62.2. The number of likely N-dealkylation sites (N-methyl/N-ethyl adjacent to an activating group) is 1.